The number of hydrogen-bond acceptors (Lipinski definition) is 8. The standard InChI is InChI=1S/C24H31N3O6/c1-13-6-7-16(28)15(10-13)20-19-21(26-25-20)24(29)27(8-9-30-2)22(19)14-11-17(31-3)23(33-5)18(12-14)32-4/h6-7,10-12,19-22,25-26,28H,8-9H2,1-5H3. The minimum atomic E-state index is -0.462. The fourth-order valence-corrected chi connectivity index (χ4v) is 5.00. The van der Waals surface area contributed by atoms with E-state index in [4.69, 9.17) is 18.9 Å². The number of nitrogens with zero attached hydrogens (tertiary/aromatic N) is 1. The summed E-state index contributed by atoms with van der Waals surface area (Å²) in [5.41, 5.74) is 9.04. The Morgan fingerprint density at radius 3 is 2.24 bits per heavy atom. The zero-order valence-electron chi connectivity index (χ0n) is 19.5. The van der Waals surface area contributed by atoms with Gasteiger partial charge in [-0.1, -0.05) is 17.7 Å². The third-order valence-corrected chi connectivity index (χ3v) is 6.50. The molecule has 0 spiro atoms. The van der Waals surface area contributed by atoms with E-state index in [1.54, 1.807) is 34.5 Å². The Balaban J connectivity index is 1.85. The van der Waals surface area contributed by atoms with Crippen molar-refractivity contribution in [2.24, 2.45) is 5.92 Å². The summed E-state index contributed by atoms with van der Waals surface area (Å²) in [6, 6.07) is 8.18. The lowest BCUT2D eigenvalue weighted by atomic mass is 9.82. The molecule has 33 heavy (non-hydrogen) atoms. The van der Waals surface area contributed by atoms with Crippen LogP contribution in [-0.4, -0.2) is 63.5 Å². The van der Waals surface area contributed by atoms with Gasteiger partial charge in [-0.15, -0.1) is 0 Å². The summed E-state index contributed by atoms with van der Waals surface area (Å²) in [5.74, 6) is 1.48. The van der Waals surface area contributed by atoms with Gasteiger partial charge >= 0.3 is 0 Å². The topological polar surface area (TPSA) is 102 Å². The van der Waals surface area contributed by atoms with Gasteiger partial charge in [-0.25, -0.2) is 10.9 Å². The fourth-order valence-electron chi connectivity index (χ4n) is 5.00. The highest BCUT2D eigenvalue weighted by Crippen LogP contribution is 2.51. The molecule has 2 aromatic rings. The summed E-state index contributed by atoms with van der Waals surface area (Å²) in [6.45, 7) is 2.81. The zero-order chi connectivity index (χ0) is 23.7. The van der Waals surface area contributed by atoms with Crippen LogP contribution in [0.3, 0.4) is 0 Å². The number of likely N-dealkylation sites (tertiary alicyclic amines) is 1. The maximum Gasteiger partial charge on any atom is 0.242 e. The molecule has 2 aliphatic heterocycles. The van der Waals surface area contributed by atoms with Gasteiger partial charge in [0, 0.05) is 25.1 Å². The average molecular weight is 458 g/mol. The van der Waals surface area contributed by atoms with E-state index in [-0.39, 0.29) is 29.7 Å². The monoisotopic (exact) mass is 457 g/mol. The lowest BCUT2D eigenvalue weighted by molar-refractivity contribution is -0.131. The van der Waals surface area contributed by atoms with E-state index in [1.165, 1.54) is 0 Å². The molecule has 0 saturated carbocycles. The molecule has 2 fully saturated rings. The molecule has 2 aromatic carbocycles. The van der Waals surface area contributed by atoms with Crippen LogP contribution in [0.25, 0.3) is 0 Å². The smallest absolute Gasteiger partial charge is 0.242 e. The van der Waals surface area contributed by atoms with Crippen molar-refractivity contribution in [3.05, 3.63) is 47.0 Å². The highest BCUT2D eigenvalue weighted by atomic mass is 16.5. The van der Waals surface area contributed by atoms with E-state index < -0.39 is 6.04 Å². The van der Waals surface area contributed by atoms with Crippen molar-refractivity contribution in [2.45, 2.75) is 25.0 Å². The molecule has 1 amide bonds. The molecule has 2 aliphatic rings. The Morgan fingerprint density at radius 1 is 0.970 bits per heavy atom. The molecule has 3 N–H and O–H groups in total. The van der Waals surface area contributed by atoms with E-state index in [9.17, 15) is 9.90 Å². The van der Waals surface area contributed by atoms with Gasteiger partial charge in [0.05, 0.1) is 40.0 Å². The summed E-state index contributed by atoms with van der Waals surface area (Å²) in [4.78, 5) is 15.3. The molecule has 178 valence electrons. The average Bonchev–Trinajstić information content (AvgIpc) is 3.36. The number of carbonyl (C=O) groups excluding carboxylic acids is 1. The Hall–Kier alpha value is -3.01. The molecule has 4 rings (SSSR count). The van der Waals surface area contributed by atoms with Crippen molar-refractivity contribution in [3.8, 4) is 23.0 Å². The van der Waals surface area contributed by atoms with E-state index in [0.29, 0.717) is 30.4 Å². The largest absolute Gasteiger partial charge is 0.508 e. The predicted molar refractivity (Wildman–Crippen MR) is 122 cm³/mol. The Bertz CT molecular complexity index is 1000. The summed E-state index contributed by atoms with van der Waals surface area (Å²) < 4.78 is 21.9. The van der Waals surface area contributed by atoms with Gasteiger partial charge in [-0.05, 0) is 30.7 Å². The van der Waals surface area contributed by atoms with Crippen molar-refractivity contribution in [2.75, 3.05) is 41.6 Å². The normalized spacial score (nSPS) is 24.2. The van der Waals surface area contributed by atoms with Crippen molar-refractivity contribution in [1.29, 1.82) is 0 Å². The molecule has 0 radical (unpaired) electrons. The SMILES string of the molecule is COCCN1C(=O)C2NNC(c3cc(C)ccc3O)C2C1c1cc(OC)c(OC)c(OC)c1. The first kappa shape index (κ1) is 23.2. The number of aromatic hydroxyl groups is 1. The van der Waals surface area contributed by atoms with Crippen molar-refractivity contribution in [1.82, 2.24) is 15.8 Å². The van der Waals surface area contributed by atoms with Crippen LogP contribution in [-0.2, 0) is 9.53 Å². The molecule has 2 heterocycles. The van der Waals surface area contributed by atoms with E-state index in [1.807, 2.05) is 36.1 Å². The van der Waals surface area contributed by atoms with Crippen LogP contribution in [0.2, 0.25) is 0 Å². The molecular formula is C24H31N3O6. The highest BCUT2D eigenvalue weighted by molar-refractivity contribution is 5.86. The number of hydrazine groups is 1. The van der Waals surface area contributed by atoms with E-state index in [0.717, 1.165) is 16.7 Å². The number of phenolic OH excluding ortho intramolecular Hbond substituents is 1. The number of amides is 1. The number of aryl methyl sites for hydroxylation is 1. The van der Waals surface area contributed by atoms with Crippen LogP contribution >= 0.6 is 0 Å². The molecule has 9 heteroatoms. The number of ether oxygens (including phenoxy) is 4. The third-order valence-electron chi connectivity index (χ3n) is 6.50. The maximum absolute atomic E-state index is 13.5. The lowest BCUT2D eigenvalue weighted by Gasteiger charge is -2.32. The van der Waals surface area contributed by atoms with E-state index >= 15 is 0 Å². The quantitative estimate of drug-likeness (QED) is 0.554. The number of rotatable bonds is 8. The number of fused-ring (bicyclic) bond motifs is 1. The van der Waals surface area contributed by atoms with Gasteiger partial charge in [0.2, 0.25) is 11.7 Å². The fraction of sp³-hybridized carbons (Fsp3) is 0.458. The first-order chi connectivity index (χ1) is 15.9. The number of hydrogen-bond donors (Lipinski definition) is 3. The number of phenols is 1. The molecule has 9 nitrogen and oxygen atoms in total. The number of methoxy groups -OCH3 is 4. The molecule has 4 unspecified atom stereocenters. The van der Waals surface area contributed by atoms with Gasteiger partial charge in [0.25, 0.3) is 0 Å². The Morgan fingerprint density at radius 2 is 1.64 bits per heavy atom. The van der Waals surface area contributed by atoms with Gasteiger partial charge in [-0.3, -0.25) is 4.79 Å². The zero-order valence-corrected chi connectivity index (χ0v) is 19.5. The Labute approximate surface area is 193 Å². The summed E-state index contributed by atoms with van der Waals surface area (Å²) in [6.07, 6.45) is 0. The van der Waals surface area contributed by atoms with Crippen LogP contribution < -0.4 is 25.1 Å². The number of nitrogens with one attached hydrogen (secondary N) is 2. The van der Waals surface area contributed by atoms with Crippen molar-refractivity contribution >= 4 is 5.91 Å². The van der Waals surface area contributed by atoms with Gasteiger partial charge in [0.1, 0.15) is 11.8 Å². The molecule has 2 saturated heterocycles. The summed E-state index contributed by atoms with van der Waals surface area (Å²) in [5, 5.41) is 10.6. The predicted octanol–water partition coefficient (Wildman–Crippen LogP) is 2.09. The summed E-state index contributed by atoms with van der Waals surface area (Å²) in [7, 11) is 6.31. The minimum absolute atomic E-state index is 0.0297. The first-order valence-corrected chi connectivity index (χ1v) is 10.8. The second kappa shape index (κ2) is 9.46. The van der Waals surface area contributed by atoms with Crippen LogP contribution in [0.4, 0.5) is 0 Å². The Kier molecular flexibility index (Phi) is 6.64. The highest BCUT2D eigenvalue weighted by Gasteiger charge is 2.56. The van der Waals surface area contributed by atoms with E-state index in [2.05, 4.69) is 10.9 Å². The van der Waals surface area contributed by atoms with Crippen molar-refractivity contribution in [3.63, 3.8) is 0 Å². The van der Waals surface area contributed by atoms with Gasteiger partial charge < -0.3 is 29.0 Å². The molecule has 4 atom stereocenters. The lowest BCUT2D eigenvalue weighted by Crippen LogP contribution is -2.42. The maximum atomic E-state index is 13.5. The van der Waals surface area contributed by atoms with Crippen LogP contribution in [0.15, 0.2) is 30.3 Å². The summed E-state index contributed by atoms with van der Waals surface area (Å²) >= 11 is 0. The van der Waals surface area contributed by atoms with Crippen LogP contribution in [0, 0.1) is 12.8 Å². The number of benzene rings is 2. The second-order valence-electron chi connectivity index (χ2n) is 8.31. The van der Waals surface area contributed by atoms with Crippen molar-refractivity contribution < 1.29 is 28.8 Å². The van der Waals surface area contributed by atoms with Gasteiger partial charge in [0.15, 0.2) is 11.5 Å². The molecule has 0 aliphatic carbocycles. The van der Waals surface area contributed by atoms with Crippen LogP contribution in [0.5, 0.6) is 23.0 Å². The second-order valence-corrected chi connectivity index (χ2v) is 8.31. The third kappa shape index (κ3) is 3.96. The molecular weight excluding hydrogens is 426 g/mol. The van der Waals surface area contributed by atoms with Gasteiger partial charge in [-0.2, -0.15) is 0 Å². The van der Waals surface area contributed by atoms with Crippen LogP contribution in [0.1, 0.15) is 28.8 Å². The molecule has 0 bridgehead atoms. The minimum Gasteiger partial charge on any atom is -0.508 e. The first-order valence-electron chi connectivity index (χ1n) is 10.8. The molecule has 0 aromatic heterocycles. The number of carbonyl (C=O) groups is 1.